The molecule has 0 spiro atoms. The van der Waals surface area contributed by atoms with Gasteiger partial charge in [0.15, 0.2) is 0 Å². The van der Waals surface area contributed by atoms with Crippen LogP contribution in [0.4, 0.5) is 0 Å². The van der Waals surface area contributed by atoms with Gasteiger partial charge >= 0.3 is 0 Å². The van der Waals surface area contributed by atoms with E-state index in [0.717, 1.165) is 24.3 Å². The molecule has 1 N–H and O–H groups in total. The maximum absolute atomic E-state index is 12.0. The molecule has 2 heterocycles. The summed E-state index contributed by atoms with van der Waals surface area (Å²) in [6, 6.07) is 0. The first kappa shape index (κ1) is 19.2. The van der Waals surface area contributed by atoms with Crippen LogP contribution in [0, 0.1) is 5.92 Å². The van der Waals surface area contributed by atoms with E-state index in [4.69, 9.17) is 27.9 Å². The largest absolute Gasteiger partial charge is 0.374 e. The average Bonchev–Trinajstić information content (AvgIpc) is 2.53. The number of nitrogens with zero attached hydrogens (tertiary/aromatic N) is 3. The second-order valence-corrected chi connectivity index (χ2v) is 7.00. The van der Waals surface area contributed by atoms with Crippen LogP contribution in [-0.4, -0.2) is 59.5 Å². The predicted molar refractivity (Wildman–Crippen MR) is 92.5 cm³/mol. The van der Waals surface area contributed by atoms with E-state index in [-0.39, 0.29) is 28.6 Å². The molecule has 24 heavy (non-hydrogen) atoms. The van der Waals surface area contributed by atoms with Gasteiger partial charge in [-0.3, -0.25) is 14.5 Å². The molecule has 2 rings (SSSR count). The number of carbonyl (C=O) groups is 1. The second kappa shape index (κ2) is 8.80. The van der Waals surface area contributed by atoms with E-state index >= 15 is 0 Å². The van der Waals surface area contributed by atoms with Crippen molar-refractivity contribution in [3.05, 3.63) is 26.6 Å². The first-order chi connectivity index (χ1) is 11.4. The molecule has 0 saturated carbocycles. The van der Waals surface area contributed by atoms with Crippen molar-refractivity contribution in [1.29, 1.82) is 0 Å². The van der Waals surface area contributed by atoms with Crippen LogP contribution in [-0.2, 0) is 16.1 Å². The highest BCUT2D eigenvalue weighted by Gasteiger charge is 2.21. The molecular formula is C15H22Cl2N4O3. The Morgan fingerprint density at radius 3 is 2.96 bits per heavy atom. The van der Waals surface area contributed by atoms with Gasteiger partial charge in [0.2, 0.25) is 5.91 Å². The number of carbonyl (C=O) groups excluding carboxylic acids is 1. The molecule has 1 saturated heterocycles. The molecule has 9 heteroatoms. The number of ether oxygens (including phenoxy) is 1. The normalized spacial score (nSPS) is 18.8. The molecule has 7 nitrogen and oxygen atoms in total. The molecule has 1 amide bonds. The lowest BCUT2D eigenvalue weighted by molar-refractivity contribution is -0.123. The van der Waals surface area contributed by atoms with Crippen molar-refractivity contribution >= 4 is 29.1 Å². The number of aromatic nitrogens is 2. The summed E-state index contributed by atoms with van der Waals surface area (Å²) in [4.78, 5) is 26.2. The minimum absolute atomic E-state index is 0.0556. The van der Waals surface area contributed by atoms with Gasteiger partial charge in [-0.25, -0.2) is 4.68 Å². The molecule has 1 fully saturated rings. The summed E-state index contributed by atoms with van der Waals surface area (Å²) in [5.41, 5.74) is -0.587. The molecule has 1 aliphatic heterocycles. The van der Waals surface area contributed by atoms with Gasteiger partial charge in [0.25, 0.3) is 5.56 Å². The summed E-state index contributed by atoms with van der Waals surface area (Å²) in [6.45, 7) is 7.89. The molecule has 1 aromatic heterocycles. The zero-order valence-electron chi connectivity index (χ0n) is 13.8. The van der Waals surface area contributed by atoms with E-state index < -0.39 is 5.56 Å². The maximum Gasteiger partial charge on any atom is 0.287 e. The van der Waals surface area contributed by atoms with Gasteiger partial charge in [-0.1, -0.05) is 37.0 Å². The van der Waals surface area contributed by atoms with E-state index in [0.29, 0.717) is 19.1 Å². The molecule has 0 bridgehead atoms. The Hall–Kier alpha value is -1.15. The molecule has 134 valence electrons. The molecule has 0 aliphatic carbocycles. The first-order valence-corrected chi connectivity index (χ1v) is 8.64. The van der Waals surface area contributed by atoms with E-state index in [1.165, 1.54) is 6.20 Å². The lowest BCUT2D eigenvalue weighted by Crippen LogP contribution is -2.49. The van der Waals surface area contributed by atoms with Crippen molar-refractivity contribution in [3.63, 3.8) is 0 Å². The molecule has 1 unspecified atom stereocenters. The van der Waals surface area contributed by atoms with Crippen LogP contribution in [0.15, 0.2) is 11.0 Å². The van der Waals surface area contributed by atoms with Gasteiger partial charge < -0.3 is 10.1 Å². The first-order valence-electron chi connectivity index (χ1n) is 7.88. The van der Waals surface area contributed by atoms with Crippen LogP contribution in [0.1, 0.15) is 13.8 Å². The Balaban J connectivity index is 1.83. The van der Waals surface area contributed by atoms with Gasteiger partial charge in [-0.15, -0.1) is 0 Å². The highest BCUT2D eigenvalue weighted by atomic mass is 35.5. The third-order valence-electron chi connectivity index (χ3n) is 3.61. The maximum atomic E-state index is 12.0. The van der Waals surface area contributed by atoms with Crippen LogP contribution in [0.25, 0.3) is 0 Å². The van der Waals surface area contributed by atoms with Crippen LogP contribution < -0.4 is 10.9 Å². The van der Waals surface area contributed by atoms with Gasteiger partial charge in [0.05, 0.1) is 23.9 Å². The van der Waals surface area contributed by atoms with E-state index in [1.807, 2.05) is 0 Å². The number of nitrogens with one attached hydrogen (secondary N) is 1. The van der Waals surface area contributed by atoms with Crippen molar-refractivity contribution in [2.24, 2.45) is 5.92 Å². The standard InChI is InChI=1S/C15H22Cl2N4O3/c1-10(2)7-20-3-4-24-11(8-20)5-18-13(22)9-21-15(23)14(17)12(16)6-19-21/h6,10-11H,3-5,7-9H2,1-2H3,(H,18,22). The zero-order valence-corrected chi connectivity index (χ0v) is 15.3. The number of morpholine rings is 1. The van der Waals surface area contributed by atoms with Crippen LogP contribution in [0.5, 0.6) is 0 Å². The monoisotopic (exact) mass is 376 g/mol. The van der Waals surface area contributed by atoms with E-state index in [2.05, 4.69) is 29.2 Å². The molecule has 1 aromatic rings. The number of hydrogen-bond donors (Lipinski definition) is 1. The third-order valence-corrected chi connectivity index (χ3v) is 4.36. The van der Waals surface area contributed by atoms with Gasteiger partial charge in [0, 0.05) is 26.2 Å². The average molecular weight is 377 g/mol. The summed E-state index contributed by atoms with van der Waals surface area (Å²) >= 11 is 11.5. The highest BCUT2D eigenvalue weighted by Crippen LogP contribution is 2.14. The molecule has 1 aliphatic rings. The van der Waals surface area contributed by atoms with E-state index in [9.17, 15) is 9.59 Å². The van der Waals surface area contributed by atoms with Gasteiger partial charge in [-0.05, 0) is 5.92 Å². The quantitative estimate of drug-likeness (QED) is 0.801. The predicted octanol–water partition coefficient (Wildman–Crippen LogP) is 1.02. The van der Waals surface area contributed by atoms with Crippen molar-refractivity contribution < 1.29 is 9.53 Å². The lowest BCUT2D eigenvalue weighted by atomic mass is 10.2. The zero-order chi connectivity index (χ0) is 17.7. The number of halogens is 2. The van der Waals surface area contributed by atoms with Gasteiger partial charge in [0.1, 0.15) is 11.6 Å². The second-order valence-electron chi connectivity index (χ2n) is 6.22. The smallest absolute Gasteiger partial charge is 0.287 e. The third kappa shape index (κ3) is 5.44. The highest BCUT2D eigenvalue weighted by molar-refractivity contribution is 6.41. The van der Waals surface area contributed by atoms with Crippen molar-refractivity contribution in [1.82, 2.24) is 20.0 Å². The summed E-state index contributed by atoms with van der Waals surface area (Å²) in [6.07, 6.45) is 1.19. The fourth-order valence-electron chi connectivity index (χ4n) is 2.56. The number of amides is 1. The summed E-state index contributed by atoms with van der Waals surface area (Å²) in [7, 11) is 0. The van der Waals surface area contributed by atoms with Crippen LogP contribution in [0.3, 0.4) is 0 Å². The number of hydrogen-bond acceptors (Lipinski definition) is 5. The minimum atomic E-state index is -0.587. The summed E-state index contributed by atoms with van der Waals surface area (Å²) < 4.78 is 6.65. The molecule has 0 radical (unpaired) electrons. The SMILES string of the molecule is CC(C)CN1CCOC(CNC(=O)Cn2ncc(Cl)c(Cl)c2=O)C1. The fourth-order valence-corrected chi connectivity index (χ4v) is 2.83. The molecule has 0 aromatic carbocycles. The fraction of sp³-hybridized carbons (Fsp3) is 0.667. The van der Waals surface area contributed by atoms with Gasteiger partial charge in [-0.2, -0.15) is 5.10 Å². The van der Waals surface area contributed by atoms with Crippen molar-refractivity contribution in [2.75, 3.05) is 32.8 Å². The Bertz CT molecular complexity index is 636. The van der Waals surface area contributed by atoms with Crippen molar-refractivity contribution in [3.8, 4) is 0 Å². The topological polar surface area (TPSA) is 76.5 Å². The Morgan fingerprint density at radius 2 is 2.25 bits per heavy atom. The Labute approximate surface area is 150 Å². The van der Waals surface area contributed by atoms with Crippen molar-refractivity contribution in [2.45, 2.75) is 26.5 Å². The molecule has 1 atom stereocenters. The summed E-state index contributed by atoms with van der Waals surface area (Å²) in [5.74, 6) is 0.263. The molecular weight excluding hydrogens is 355 g/mol. The summed E-state index contributed by atoms with van der Waals surface area (Å²) in [5, 5.41) is 6.50. The Morgan fingerprint density at radius 1 is 1.50 bits per heavy atom. The minimum Gasteiger partial charge on any atom is -0.374 e. The van der Waals surface area contributed by atoms with Crippen LogP contribution in [0.2, 0.25) is 10.0 Å². The Kier molecular flexibility index (Phi) is 7.03. The van der Waals surface area contributed by atoms with E-state index in [1.54, 1.807) is 0 Å². The lowest BCUT2D eigenvalue weighted by Gasteiger charge is -2.33. The number of rotatable bonds is 6. The van der Waals surface area contributed by atoms with Crippen LogP contribution >= 0.6 is 23.2 Å².